The van der Waals surface area contributed by atoms with Gasteiger partial charge >= 0.3 is 0 Å². The quantitative estimate of drug-likeness (QED) is 0.249. The summed E-state index contributed by atoms with van der Waals surface area (Å²) >= 11 is 1.06. The molecule has 2 aromatic rings. The van der Waals surface area contributed by atoms with Crippen LogP contribution < -0.4 is 0 Å². The van der Waals surface area contributed by atoms with Crippen molar-refractivity contribution in [1.29, 1.82) is 0 Å². The van der Waals surface area contributed by atoms with Gasteiger partial charge in [-0.15, -0.1) is 0 Å². The molecule has 0 saturated heterocycles. The Hall–Kier alpha value is 0.0739. The molecule has 0 fully saturated rings. The summed E-state index contributed by atoms with van der Waals surface area (Å²) in [6.45, 7) is 10.4. The second-order valence-electron chi connectivity index (χ2n) is 4.24. The Morgan fingerprint density at radius 3 is 1.30 bits per heavy atom. The molecule has 0 atom stereocenters. The Labute approximate surface area is 172 Å². The number of benzene rings is 2. The largest absolute Gasteiger partial charge is 0.239 e. The van der Waals surface area contributed by atoms with Crippen LogP contribution in [0.4, 0.5) is 0 Å². The minimum absolute atomic E-state index is 0. The number of unbranched alkanes of at least 4 members (excludes halogenated alkanes) is 1. The number of rotatable bonds is 4. The summed E-state index contributed by atoms with van der Waals surface area (Å²) in [5, 5.41) is 10.3. The monoisotopic (exact) mass is 413 g/mol. The summed E-state index contributed by atoms with van der Waals surface area (Å²) in [5.74, 6) is 0.858. The molecule has 1 radical (unpaired) electrons. The van der Waals surface area contributed by atoms with Crippen LogP contribution in [0.1, 0.15) is 53.9 Å². The van der Waals surface area contributed by atoms with Gasteiger partial charge in [-0.25, -0.2) is 5.26 Å². The third-order valence-electron chi connectivity index (χ3n) is 2.50. The molecule has 0 aliphatic carbocycles. The summed E-state index contributed by atoms with van der Waals surface area (Å²) in [4.78, 5) is 0. The molecule has 129 valence electrons. The zero-order valence-corrected chi connectivity index (χ0v) is 18.9. The van der Waals surface area contributed by atoms with Crippen molar-refractivity contribution in [2.24, 2.45) is 0 Å². The molecule has 2 rings (SSSR count). The second-order valence-corrected chi connectivity index (χ2v) is 5.04. The average Bonchev–Trinajstić information content (AvgIpc) is 2.62. The van der Waals surface area contributed by atoms with Crippen molar-refractivity contribution in [3.8, 4) is 0 Å². The molecule has 0 saturated carbocycles. The summed E-state index contributed by atoms with van der Waals surface area (Å²) in [6.07, 6.45) is 3.67. The average molecular weight is 413 g/mol. The van der Waals surface area contributed by atoms with E-state index in [0.717, 1.165) is 24.2 Å². The van der Waals surface area contributed by atoms with Crippen LogP contribution in [0.2, 0.25) is 0 Å². The Kier molecular flexibility index (Phi) is 29.5. The van der Waals surface area contributed by atoms with E-state index < -0.39 is 0 Å². The van der Waals surface area contributed by atoms with Crippen LogP contribution in [0.5, 0.6) is 0 Å². The van der Waals surface area contributed by atoms with Crippen molar-refractivity contribution in [1.82, 2.24) is 0 Å². The van der Waals surface area contributed by atoms with Crippen LogP contribution in [0, 0.1) is 0 Å². The third-order valence-corrected chi connectivity index (χ3v) is 3.18. The molecule has 0 amide bonds. The second kappa shape index (κ2) is 24.3. The van der Waals surface area contributed by atoms with Gasteiger partial charge in [-0.3, -0.25) is 0 Å². The minimum Gasteiger partial charge on any atom is -0.239 e. The predicted molar refractivity (Wildman–Crippen MR) is 102 cm³/mol. The third kappa shape index (κ3) is 18.3. The van der Waals surface area contributed by atoms with Gasteiger partial charge in [0.25, 0.3) is 0 Å². The maximum absolute atomic E-state index is 7.66. The zero-order chi connectivity index (χ0) is 17.1. The normalized spacial score (nSPS) is 8.26. The van der Waals surface area contributed by atoms with Crippen LogP contribution in [0.3, 0.4) is 0 Å². The van der Waals surface area contributed by atoms with Gasteiger partial charge < -0.3 is 0 Å². The van der Waals surface area contributed by atoms with Gasteiger partial charge in [-0.2, -0.15) is 4.33 Å². The van der Waals surface area contributed by atoms with Gasteiger partial charge in [-0.1, -0.05) is 96.0 Å². The molecule has 23 heavy (non-hydrogen) atoms. The molecule has 0 heterocycles. The Balaban J connectivity index is -0.000000269. The van der Waals surface area contributed by atoms with E-state index in [-0.39, 0.29) is 32.7 Å². The van der Waals surface area contributed by atoms with Crippen LogP contribution >= 0.6 is 12.0 Å². The van der Waals surface area contributed by atoms with Crippen LogP contribution in [0.25, 0.3) is 10.8 Å². The molecule has 1 N–H and O–H groups in total. The molecule has 0 spiro atoms. The zero-order valence-electron chi connectivity index (χ0n) is 15.3. The molecule has 2 aromatic carbocycles. The first-order chi connectivity index (χ1) is 10.8. The fraction of sp³-hybridized carbons (Fsp3) is 0.474. The van der Waals surface area contributed by atoms with E-state index >= 15 is 0 Å². The first-order valence-corrected chi connectivity index (χ1v) is 9.07. The predicted octanol–water partition coefficient (Wildman–Crippen LogP) is 7.20. The molecule has 0 aliphatic heterocycles. The topological polar surface area (TPSA) is 29.5 Å². The molecule has 0 unspecified atom stereocenters. The fourth-order valence-electron chi connectivity index (χ4n) is 1.25. The van der Waals surface area contributed by atoms with Crippen molar-refractivity contribution >= 4 is 22.8 Å². The SMILES string of the molecule is CC.CCCC.CCCSOO.[Y].c1ccc2ccccc2c1. The Bertz CT molecular complexity index is 367. The van der Waals surface area contributed by atoms with Gasteiger partial charge in [0.2, 0.25) is 0 Å². The molecule has 0 aromatic heterocycles. The standard InChI is InChI=1S/C10H8.C4H10.C3H8O2S.C2H6.Y/c1-2-6-10-8-4-3-7-9(10)5-1;1-3-4-2;1-2-3-6-5-4;1-2;/h1-8H;3-4H2,1-2H3;4H,2-3H2,1H3;1-2H3;. The maximum atomic E-state index is 7.66. The summed E-state index contributed by atoms with van der Waals surface area (Å²) in [7, 11) is 0. The number of fused-ring (bicyclic) bond motifs is 1. The van der Waals surface area contributed by atoms with Crippen molar-refractivity contribution in [3.05, 3.63) is 48.5 Å². The molecule has 4 heteroatoms. The van der Waals surface area contributed by atoms with Crippen LogP contribution in [-0.4, -0.2) is 11.0 Å². The molecular formula is C19H32O2SY. The summed E-state index contributed by atoms with van der Waals surface area (Å²) < 4.78 is 3.70. The van der Waals surface area contributed by atoms with Gasteiger partial charge in [0.05, 0.1) is 0 Å². The van der Waals surface area contributed by atoms with E-state index in [0.29, 0.717) is 0 Å². The first kappa shape index (κ1) is 27.9. The van der Waals surface area contributed by atoms with Crippen molar-refractivity contribution in [3.63, 3.8) is 0 Å². The van der Waals surface area contributed by atoms with E-state index in [2.05, 4.69) is 66.7 Å². The Morgan fingerprint density at radius 1 is 0.783 bits per heavy atom. The van der Waals surface area contributed by atoms with E-state index in [1.165, 1.54) is 23.6 Å². The Morgan fingerprint density at radius 2 is 1.13 bits per heavy atom. The number of hydrogen-bond acceptors (Lipinski definition) is 3. The van der Waals surface area contributed by atoms with Gasteiger partial charge in [-0.05, 0) is 17.2 Å². The van der Waals surface area contributed by atoms with E-state index in [1.807, 2.05) is 20.8 Å². The smallest absolute Gasteiger partial charge is 0.0311 e. The summed E-state index contributed by atoms with van der Waals surface area (Å²) in [6, 6.07) is 16.7. The molecule has 0 aliphatic rings. The van der Waals surface area contributed by atoms with Gasteiger partial charge in [0.1, 0.15) is 0 Å². The maximum Gasteiger partial charge on any atom is 0.0311 e. The van der Waals surface area contributed by atoms with E-state index in [4.69, 9.17) is 5.26 Å². The van der Waals surface area contributed by atoms with Crippen molar-refractivity contribution in [2.75, 3.05) is 5.75 Å². The molecule has 2 nitrogen and oxygen atoms in total. The summed E-state index contributed by atoms with van der Waals surface area (Å²) in [5.41, 5.74) is 0. The van der Waals surface area contributed by atoms with E-state index in [9.17, 15) is 0 Å². The van der Waals surface area contributed by atoms with Crippen LogP contribution in [0.15, 0.2) is 48.5 Å². The molecule has 0 bridgehead atoms. The van der Waals surface area contributed by atoms with Crippen LogP contribution in [-0.2, 0) is 37.0 Å². The molecular weight excluding hydrogens is 381 g/mol. The van der Waals surface area contributed by atoms with Gasteiger partial charge in [0, 0.05) is 50.5 Å². The number of hydrogen-bond donors (Lipinski definition) is 1. The first-order valence-electron chi connectivity index (χ1n) is 8.16. The fourth-order valence-corrected chi connectivity index (χ4v) is 1.49. The van der Waals surface area contributed by atoms with Crippen molar-refractivity contribution < 1.29 is 42.3 Å². The van der Waals surface area contributed by atoms with Gasteiger partial charge in [0.15, 0.2) is 0 Å². The van der Waals surface area contributed by atoms with Crippen molar-refractivity contribution in [2.45, 2.75) is 53.9 Å². The minimum atomic E-state index is 0. The van der Waals surface area contributed by atoms with E-state index in [1.54, 1.807) is 0 Å².